The van der Waals surface area contributed by atoms with Crippen molar-refractivity contribution in [3.63, 3.8) is 0 Å². The lowest BCUT2D eigenvalue weighted by Crippen LogP contribution is -2.54. The lowest BCUT2D eigenvalue weighted by Gasteiger charge is -2.35. The number of allylic oxidation sites excluding steroid dienone is 2. The number of carboxylic acid groups (broad SMARTS) is 1. The quantitative estimate of drug-likeness (QED) is 0.566. The summed E-state index contributed by atoms with van der Waals surface area (Å²) in [6.07, 6.45) is 6.71. The van der Waals surface area contributed by atoms with Gasteiger partial charge in [-0.05, 0) is 12.5 Å². The first kappa shape index (κ1) is 10.5. The molecule has 0 bridgehead atoms. The van der Waals surface area contributed by atoms with Crippen molar-refractivity contribution in [2.45, 2.75) is 12.0 Å². The second-order valence-electron chi connectivity index (χ2n) is 3.36. The van der Waals surface area contributed by atoms with Gasteiger partial charge < -0.3 is 16.6 Å². The third-order valence-corrected chi connectivity index (χ3v) is 2.42. The van der Waals surface area contributed by atoms with E-state index in [4.69, 9.17) is 16.6 Å². The second kappa shape index (κ2) is 3.67. The minimum absolute atomic E-state index is 0.344. The highest BCUT2D eigenvalue weighted by molar-refractivity contribution is 5.76. The molecule has 0 saturated heterocycles. The molecule has 5 N–H and O–H groups in total. The summed E-state index contributed by atoms with van der Waals surface area (Å²) < 4.78 is 0. The molecule has 2 atom stereocenters. The molecule has 0 amide bonds. The molecule has 76 valence electrons. The van der Waals surface area contributed by atoms with Crippen LogP contribution in [-0.4, -0.2) is 16.6 Å². The second-order valence-corrected chi connectivity index (χ2v) is 3.36. The number of hydrogen-bond acceptors (Lipinski definition) is 3. The van der Waals surface area contributed by atoms with Gasteiger partial charge in [-0.2, -0.15) is 0 Å². The Morgan fingerprint density at radius 1 is 1.79 bits per heavy atom. The lowest BCUT2D eigenvalue weighted by atomic mass is 9.76. The molecule has 4 nitrogen and oxygen atoms in total. The van der Waals surface area contributed by atoms with Gasteiger partial charge in [0.2, 0.25) is 0 Å². The Balaban J connectivity index is 3.07. The smallest absolute Gasteiger partial charge is 0.312 e. The van der Waals surface area contributed by atoms with E-state index >= 15 is 0 Å². The summed E-state index contributed by atoms with van der Waals surface area (Å²) in [5.41, 5.74) is 11.0. The minimum Gasteiger partial charge on any atom is -0.481 e. The third kappa shape index (κ3) is 1.56. The molecule has 0 aromatic rings. The number of carbonyl (C=O) groups is 1. The molecule has 1 aliphatic rings. The van der Waals surface area contributed by atoms with Crippen molar-refractivity contribution >= 4 is 5.97 Å². The summed E-state index contributed by atoms with van der Waals surface area (Å²) in [5, 5.41) is 8.97. The molecule has 0 heterocycles. The Labute approximate surface area is 82.6 Å². The van der Waals surface area contributed by atoms with Crippen LogP contribution in [0, 0.1) is 5.92 Å². The normalized spacial score (nSPS) is 30.9. The molecular weight excluding hydrogens is 180 g/mol. The zero-order valence-electron chi connectivity index (χ0n) is 7.81. The summed E-state index contributed by atoms with van der Waals surface area (Å²) in [4.78, 5) is 10.9. The molecule has 1 rings (SSSR count). The molecule has 0 aromatic carbocycles. The van der Waals surface area contributed by atoms with Crippen molar-refractivity contribution in [2.75, 3.05) is 0 Å². The highest BCUT2D eigenvalue weighted by Gasteiger charge is 2.40. The fraction of sp³-hybridized carbons (Fsp3) is 0.300. The van der Waals surface area contributed by atoms with Gasteiger partial charge in [-0.3, -0.25) is 4.79 Å². The lowest BCUT2D eigenvalue weighted by molar-refractivity contribution is -0.141. The van der Waals surface area contributed by atoms with E-state index in [2.05, 4.69) is 6.58 Å². The molecule has 14 heavy (non-hydrogen) atoms. The molecule has 0 aromatic heterocycles. The van der Waals surface area contributed by atoms with E-state index in [1.807, 2.05) is 0 Å². The highest BCUT2D eigenvalue weighted by atomic mass is 16.4. The molecule has 0 saturated carbocycles. The first-order valence-electron chi connectivity index (χ1n) is 4.29. The van der Waals surface area contributed by atoms with Crippen LogP contribution in [-0.2, 0) is 4.79 Å². The highest BCUT2D eigenvalue weighted by Crippen LogP contribution is 2.29. The van der Waals surface area contributed by atoms with Gasteiger partial charge in [0.25, 0.3) is 0 Å². The van der Waals surface area contributed by atoms with Gasteiger partial charge in [-0.15, -0.1) is 6.58 Å². The van der Waals surface area contributed by atoms with Gasteiger partial charge in [-0.1, -0.05) is 18.2 Å². The zero-order valence-corrected chi connectivity index (χ0v) is 7.81. The largest absolute Gasteiger partial charge is 0.481 e. The summed E-state index contributed by atoms with van der Waals surface area (Å²) in [6, 6.07) is 0. The van der Waals surface area contributed by atoms with Gasteiger partial charge >= 0.3 is 5.97 Å². The molecular formula is C10H14N2O2. The van der Waals surface area contributed by atoms with Gasteiger partial charge in [0.15, 0.2) is 0 Å². The van der Waals surface area contributed by atoms with E-state index in [1.165, 1.54) is 0 Å². The van der Waals surface area contributed by atoms with Crippen molar-refractivity contribution in [1.82, 2.24) is 0 Å². The summed E-state index contributed by atoms with van der Waals surface area (Å²) in [6.45, 7) is 3.55. The monoisotopic (exact) mass is 194 g/mol. The predicted molar refractivity (Wildman–Crippen MR) is 54.3 cm³/mol. The number of hydrogen-bond donors (Lipinski definition) is 3. The average molecular weight is 194 g/mol. The fourth-order valence-corrected chi connectivity index (χ4v) is 1.56. The van der Waals surface area contributed by atoms with Crippen LogP contribution in [0.25, 0.3) is 0 Å². The van der Waals surface area contributed by atoms with E-state index in [0.717, 1.165) is 0 Å². The topological polar surface area (TPSA) is 89.3 Å². The molecule has 1 aliphatic carbocycles. The molecule has 0 spiro atoms. The van der Waals surface area contributed by atoms with E-state index in [0.29, 0.717) is 12.1 Å². The summed E-state index contributed by atoms with van der Waals surface area (Å²) >= 11 is 0. The average Bonchev–Trinajstić information content (AvgIpc) is 2.10. The van der Waals surface area contributed by atoms with Crippen LogP contribution in [0.3, 0.4) is 0 Å². The van der Waals surface area contributed by atoms with Gasteiger partial charge in [0.1, 0.15) is 0 Å². The van der Waals surface area contributed by atoms with E-state index < -0.39 is 17.4 Å². The van der Waals surface area contributed by atoms with Gasteiger partial charge in [0.05, 0.1) is 11.5 Å². The van der Waals surface area contributed by atoms with E-state index in [1.54, 1.807) is 24.3 Å². The maximum Gasteiger partial charge on any atom is 0.312 e. The Morgan fingerprint density at radius 2 is 2.43 bits per heavy atom. The molecule has 4 heteroatoms. The predicted octanol–water partition coefficient (Wildman–Crippen LogP) is 0.373. The van der Waals surface area contributed by atoms with Gasteiger partial charge in [0, 0.05) is 5.70 Å². The Morgan fingerprint density at radius 3 is 2.93 bits per heavy atom. The zero-order chi connectivity index (χ0) is 10.8. The first-order chi connectivity index (χ1) is 6.52. The van der Waals surface area contributed by atoms with Crippen LogP contribution in [0.4, 0.5) is 0 Å². The summed E-state index contributed by atoms with van der Waals surface area (Å²) in [7, 11) is 0. The van der Waals surface area contributed by atoms with Crippen molar-refractivity contribution in [3.05, 3.63) is 36.6 Å². The molecule has 2 unspecified atom stereocenters. The van der Waals surface area contributed by atoms with Gasteiger partial charge in [-0.25, -0.2) is 0 Å². The number of aliphatic carboxylic acids is 1. The van der Waals surface area contributed by atoms with Crippen LogP contribution >= 0.6 is 0 Å². The Hall–Kier alpha value is -1.55. The first-order valence-corrected chi connectivity index (χ1v) is 4.29. The third-order valence-electron chi connectivity index (χ3n) is 2.42. The van der Waals surface area contributed by atoms with E-state index in [9.17, 15) is 4.79 Å². The maximum absolute atomic E-state index is 10.9. The van der Waals surface area contributed by atoms with Crippen LogP contribution in [0.15, 0.2) is 36.6 Å². The molecule has 0 fully saturated rings. The van der Waals surface area contributed by atoms with Crippen LogP contribution < -0.4 is 11.5 Å². The van der Waals surface area contributed by atoms with Crippen LogP contribution in [0.5, 0.6) is 0 Å². The van der Waals surface area contributed by atoms with Crippen molar-refractivity contribution in [1.29, 1.82) is 0 Å². The molecule has 0 radical (unpaired) electrons. The Kier molecular flexibility index (Phi) is 2.76. The van der Waals surface area contributed by atoms with Crippen molar-refractivity contribution in [3.8, 4) is 0 Å². The molecule has 0 aliphatic heterocycles. The summed E-state index contributed by atoms with van der Waals surface area (Å²) in [5.74, 6) is -1.76. The standard InChI is InChI=1S/C10H14N2O2/c1-2-6-10(12)7(9(13)14)4-3-5-8(10)11/h2-5,7H,1,6,11-12H2,(H,13,14). The number of carboxylic acids is 1. The fourth-order valence-electron chi connectivity index (χ4n) is 1.56. The minimum atomic E-state index is -1.04. The number of rotatable bonds is 3. The van der Waals surface area contributed by atoms with Crippen molar-refractivity contribution in [2.24, 2.45) is 17.4 Å². The SMILES string of the molecule is C=CCC1(N)C(N)=CC=CC1C(=O)O. The van der Waals surface area contributed by atoms with Crippen LogP contribution in [0.1, 0.15) is 6.42 Å². The number of nitrogens with two attached hydrogens (primary N) is 2. The Bertz CT molecular complexity index is 320. The van der Waals surface area contributed by atoms with E-state index in [-0.39, 0.29) is 0 Å². The van der Waals surface area contributed by atoms with Crippen LogP contribution in [0.2, 0.25) is 0 Å². The maximum atomic E-state index is 10.9. The van der Waals surface area contributed by atoms with Crippen molar-refractivity contribution < 1.29 is 9.90 Å².